The minimum atomic E-state index is -0.933. The minimum absolute atomic E-state index is 0.223. The Labute approximate surface area is 102 Å². The highest BCUT2D eigenvalue weighted by atomic mass is 16.4. The minimum Gasteiger partial charge on any atom is -0.478 e. The summed E-state index contributed by atoms with van der Waals surface area (Å²) in [7, 11) is 0. The fourth-order valence-electron chi connectivity index (χ4n) is 1.74. The third-order valence-corrected chi connectivity index (χ3v) is 2.78. The molecule has 1 rings (SSSR count). The second-order valence-electron chi connectivity index (χ2n) is 3.92. The maximum Gasteiger partial charge on any atom is 0.331 e. The Balaban J connectivity index is 2.74. The number of anilines is 1. The van der Waals surface area contributed by atoms with Gasteiger partial charge in [0.1, 0.15) is 0 Å². The Bertz CT molecular complexity index is 391. The Kier molecular flexibility index (Phi) is 4.76. The molecule has 0 aromatic heterocycles. The van der Waals surface area contributed by atoms with Crippen molar-refractivity contribution in [3.63, 3.8) is 0 Å². The first kappa shape index (κ1) is 13.3. The molecule has 1 N–H and O–H groups in total. The van der Waals surface area contributed by atoms with Crippen molar-refractivity contribution < 1.29 is 9.90 Å². The van der Waals surface area contributed by atoms with E-state index in [1.54, 1.807) is 0 Å². The molecular formula is C14H19NO2. The van der Waals surface area contributed by atoms with Crippen molar-refractivity contribution in [3.8, 4) is 0 Å². The number of benzene rings is 1. The summed E-state index contributed by atoms with van der Waals surface area (Å²) in [6, 6.07) is 7.97. The lowest BCUT2D eigenvalue weighted by Crippen LogP contribution is -2.21. The Morgan fingerprint density at radius 3 is 2.18 bits per heavy atom. The van der Waals surface area contributed by atoms with E-state index >= 15 is 0 Å². The number of carboxylic acid groups (broad SMARTS) is 1. The molecule has 0 unspecified atom stereocenters. The van der Waals surface area contributed by atoms with Crippen molar-refractivity contribution in [2.45, 2.75) is 20.3 Å². The quantitative estimate of drug-likeness (QED) is 0.768. The number of rotatable bonds is 6. The van der Waals surface area contributed by atoms with Crippen LogP contribution < -0.4 is 4.90 Å². The molecule has 0 aliphatic rings. The highest BCUT2D eigenvalue weighted by molar-refractivity contribution is 5.86. The van der Waals surface area contributed by atoms with E-state index in [0.29, 0.717) is 6.42 Å². The topological polar surface area (TPSA) is 40.5 Å². The van der Waals surface area contributed by atoms with Crippen LogP contribution in [0.4, 0.5) is 5.69 Å². The van der Waals surface area contributed by atoms with Gasteiger partial charge in [-0.15, -0.1) is 0 Å². The standard InChI is InChI=1S/C14H19NO2/c1-4-15(5-2)13-8-6-12(7-9-13)10-11(3)14(16)17/h6-9H,3-5,10H2,1-2H3,(H,16,17). The average molecular weight is 233 g/mol. The predicted octanol–water partition coefficient (Wildman–Crippen LogP) is 2.72. The van der Waals surface area contributed by atoms with E-state index in [2.05, 4.69) is 25.3 Å². The lowest BCUT2D eigenvalue weighted by molar-refractivity contribution is -0.132. The molecule has 3 heteroatoms. The van der Waals surface area contributed by atoms with Gasteiger partial charge in [0.05, 0.1) is 0 Å². The van der Waals surface area contributed by atoms with Crippen LogP contribution >= 0.6 is 0 Å². The van der Waals surface area contributed by atoms with Gasteiger partial charge in [-0.25, -0.2) is 4.79 Å². The van der Waals surface area contributed by atoms with E-state index in [4.69, 9.17) is 5.11 Å². The number of aliphatic carboxylic acids is 1. The van der Waals surface area contributed by atoms with Crippen LogP contribution in [0.15, 0.2) is 36.4 Å². The molecule has 0 aliphatic carbocycles. The van der Waals surface area contributed by atoms with Crippen LogP contribution in [0, 0.1) is 0 Å². The van der Waals surface area contributed by atoms with E-state index in [0.717, 1.165) is 18.7 Å². The van der Waals surface area contributed by atoms with Gasteiger partial charge in [-0.1, -0.05) is 18.7 Å². The lowest BCUT2D eigenvalue weighted by atomic mass is 10.1. The van der Waals surface area contributed by atoms with Gasteiger partial charge in [-0.05, 0) is 31.5 Å². The molecule has 0 aliphatic heterocycles. The molecule has 0 radical (unpaired) electrons. The third-order valence-electron chi connectivity index (χ3n) is 2.78. The van der Waals surface area contributed by atoms with E-state index in [1.807, 2.05) is 24.3 Å². The molecule has 0 heterocycles. The summed E-state index contributed by atoms with van der Waals surface area (Å²) in [6.45, 7) is 9.70. The number of hydrogen-bond acceptors (Lipinski definition) is 2. The van der Waals surface area contributed by atoms with Crippen LogP contribution in [0.25, 0.3) is 0 Å². The monoisotopic (exact) mass is 233 g/mol. The van der Waals surface area contributed by atoms with Gasteiger partial charge in [-0.2, -0.15) is 0 Å². The fraction of sp³-hybridized carbons (Fsp3) is 0.357. The van der Waals surface area contributed by atoms with Crippen molar-refractivity contribution in [1.29, 1.82) is 0 Å². The molecule has 1 aromatic carbocycles. The van der Waals surface area contributed by atoms with Crippen molar-refractivity contribution in [2.75, 3.05) is 18.0 Å². The third kappa shape index (κ3) is 3.63. The summed E-state index contributed by atoms with van der Waals surface area (Å²) in [5, 5.41) is 8.75. The first-order valence-electron chi connectivity index (χ1n) is 5.83. The molecule has 0 spiro atoms. The largest absolute Gasteiger partial charge is 0.478 e. The highest BCUT2D eigenvalue weighted by Gasteiger charge is 2.06. The van der Waals surface area contributed by atoms with Crippen molar-refractivity contribution in [2.24, 2.45) is 0 Å². The second-order valence-corrected chi connectivity index (χ2v) is 3.92. The Morgan fingerprint density at radius 1 is 1.24 bits per heavy atom. The SMILES string of the molecule is C=C(Cc1ccc(N(CC)CC)cc1)C(=O)O. The predicted molar refractivity (Wildman–Crippen MR) is 70.5 cm³/mol. The van der Waals surface area contributed by atoms with Crippen LogP contribution in [-0.2, 0) is 11.2 Å². The van der Waals surface area contributed by atoms with Gasteiger partial charge in [0.15, 0.2) is 0 Å². The fourth-order valence-corrected chi connectivity index (χ4v) is 1.74. The molecule has 0 atom stereocenters. The van der Waals surface area contributed by atoms with Crippen LogP contribution in [0.5, 0.6) is 0 Å². The molecule has 1 aromatic rings. The van der Waals surface area contributed by atoms with Crippen LogP contribution in [0.2, 0.25) is 0 Å². The van der Waals surface area contributed by atoms with Crippen molar-refractivity contribution in [1.82, 2.24) is 0 Å². The summed E-state index contributed by atoms with van der Waals surface area (Å²) in [5.41, 5.74) is 2.37. The second kappa shape index (κ2) is 6.09. The van der Waals surface area contributed by atoms with E-state index in [1.165, 1.54) is 5.69 Å². The smallest absolute Gasteiger partial charge is 0.331 e. The van der Waals surface area contributed by atoms with Crippen LogP contribution in [0.3, 0.4) is 0 Å². The van der Waals surface area contributed by atoms with E-state index in [-0.39, 0.29) is 5.57 Å². The zero-order valence-electron chi connectivity index (χ0n) is 10.4. The summed E-state index contributed by atoms with van der Waals surface area (Å²) in [4.78, 5) is 12.9. The number of carbonyl (C=O) groups is 1. The zero-order chi connectivity index (χ0) is 12.8. The zero-order valence-corrected chi connectivity index (χ0v) is 10.4. The van der Waals surface area contributed by atoms with Crippen molar-refractivity contribution >= 4 is 11.7 Å². The van der Waals surface area contributed by atoms with Gasteiger partial charge in [0.25, 0.3) is 0 Å². The highest BCUT2D eigenvalue weighted by Crippen LogP contribution is 2.16. The van der Waals surface area contributed by atoms with Gasteiger partial charge in [0, 0.05) is 30.8 Å². The lowest BCUT2D eigenvalue weighted by Gasteiger charge is -2.21. The van der Waals surface area contributed by atoms with Crippen LogP contribution in [-0.4, -0.2) is 24.2 Å². The van der Waals surface area contributed by atoms with E-state index in [9.17, 15) is 4.79 Å². The Morgan fingerprint density at radius 2 is 1.76 bits per heavy atom. The van der Waals surface area contributed by atoms with E-state index < -0.39 is 5.97 Å². The normalized spacial score (nSPS) is 10.0. The first-order chi connectivity index (χ1) is 8.08. The van der Waals surface area contributed by atoms with Gasteiger partial charge >= 0.3 is 5.97 Å². The molecule has 0 saturated carbocycles. The summed E-state index contributed by atoms with van der Waals surface area (Å²) >= 11 is 0. The molecule has 0 amide bonds. The number of nitrogens with zero attached hydrogens (tertiary/aromatic N) is 1. The molecule has 17 heavy (non-hydrogen) atoms. The summed E-state index contributed by atoms with van der Waals surface area (Å²) in [6.07, 6.45) is 0.397. The number of hydrogen-bond donors (Lipinski definition) is 1. The molecule has 0 saturated heterocycles. The number of carboxylic acids is 1. The van der Waals surface area contributed by atoms with Crippen molar-refractivity contribution in [3.05, 3.63) is 42.0 Å². The molecule has 3 nitrogen and oxygen atoms in total. The molecule has 0 bridgehead atoms. The molecular weight excluding hydrogens is 214 g/mol. The first-order valence-corrected chi connectivity index (χ1v) is 5.83. The van der Waals surface area contributed by atoms with Gasteiger partial charge < -0.3 is 10.0 Å². The maximum atomic E-state index is 10.7. The molecule has 92 valence electrons. The maximum absolute atomic E-state index is 10.7. The van der Waals surface area contributed by atoms with Gasteiger partial charge in [0.2, 0.25) is 0 Å². The molecule has 0 fully saturated rings. The average Bonchev–Trinajstić information content (AvgIpc) is 2.32. The Hall–Kier alpha value is -1.77. The summed E-state index contributed by atoms with van der Waals surface area (Å²) in [5.74, 6) is -0.933. The van der Waals surface area contributed by atoms with Crippen LogP contribution in [0.1, 0.15) is 19.4 Å². The van der Waals surface area contributed by atoms with Gasteiger partial charge in [-0.3, -0.25) is 0 Å². The summed E-state index contributed by atoms with van der Waals surface area (Å²) < 4.78 is 0.